The van der Waals surface area contributed by atoms with Gasteiger partial charge in [-0.15, -0.1) is 0 Å². The first-order valence-corrected chi connectivity index (χ1v) is 5.21. The van der Waals surface area contributed by atoms with E-state index in [0.717, 1.165) is 19.3 Å². The van der Waals surface area contributed by atoms with Crippen molar-refractivity contribution in [2.24, 2.45) is 5.41 Å². The first-order chi connectivity index (χ1) is 7.08. The van der Waals surface area contributed by atoms with E-state index in [-0.39, 0.29) is 24.3 Å². The van der Waals surface area contributed by atoms with Gasteiger partial charge in [0.15, 0.2) is 0 Å². The summed E-state index contributed by atoms with van der Waals surface area (Å²) in [6, 6.07) is 0. The normalized spacial score (nSPS) is 17.9. The number of nitrogens with one attached hydrogen (secondary N) is 2. The molecule has 0 atom stereocenters. The third kappa shape index (κ3) is 3.51. The summed E-state index contributed by atoms with van der Waals surface area (Å²) in [7, 11) is 1.70. The topological polar surface area (TPSA) is 78.4 Å². The zero-order chi connectivity index (χ0) is 11.3. The quantitative estimate of drug-likeness (QED) is 0.580. The molecular formula is C10H18N2O3. The van der Waals surface area contributed by atoms with Gasteiger partial charge in [-0.05, 0) is 25.3 Å². The van der Waals surface area contributed by atoms with Crippen LogP contribution in [0.1, 0.15) is 25.7 Å². The lowest BCUT2D eigenvalue weighted by Crippen LogP contribution is -2.45. The second-order valence-corrected chi connectivity index (χ2v) is 4.23. The van der Waals surface area contributed by atoms with E-state index in [2.05, 4.69) is 10.6 Å². The Kier molecular flexibility index (Phi) is 4.08. The standard InChI is InChI=1S/C10H18N2O3/c1-11-6-8(13)12-7-10(3-2-4-10)5-9(14)15/h11H,2-7H2,1H3,(H,12,13)(H,14,15). The first-order valence-electron chi connectivity index (χ1n) is 5.21. The van der Waals surface area contributed by atoms with Crippen molar-refractivity contribution in [3.05, 3.63) is 0 Å². The molecule has 0 unspecified atom stereocenters. The van der Waals surface area contributed by atoms with Crippen LogP contribution in [0.5, 0.6) is 0 Å². The van der Waals surface area contributed by atoms with Crippen LogP contribution in [-0.2, 0) is 9.59 Å². The summed E-state index contributed by atoms with van der Waals surface area (Å²) in [6.07, 6.45) is 3.03. The molecule has 0 aromatic heterocycles. The lowest BCUT2D eigenvalue weighted by molar-refractivity contribution is -0.141. The highest BCUT2D eigenvalue weighted by molar-refractivity contribution is 5.78. The van der Waals surface area contributed by atoms with Crippen molar-refractivity contribution in [3.63, 3.8) is 0 Å². The molecule has 0 bridgehead atoms. The van der Waals surface area contributed by atoms with Crippen molar-refractivity contribution in [1.82, 2.24) is 10.6 Å². The van der Waals surface area contributed by atoms with Crippen molar-refractivity contribution in [1.29, 1.82) is 0 Å². The van der Waals surface area contributed by atoms with Gasteiger partial charge >= 0.3 is 5.97 Å². The maximum absolute atomic E-state index is 11.2. The molecule has 0 saturated heterocycles. The maximum atomic E-state index is 11.2. The first kappa shape index (κ1) is 12.0. The molecular weight excluding hydrogens is 196 g/mol. The van der Waals surface area contributed by atoms with Gasteiger partial charge in [-0.1, -0.05) is 6.42 Å². The van der Waals surface area contributed by atoms with E-state index in [1.807, 2.05) is 0 Å². The Morgan fingerprint density at radius 2 is 2.07 bits per heavy atom. The number of amides is 1. The van der Waals surface area contributed by atoms with Gasteiger partial charge in [0.2, 0.25) is 5.91 Å². The summed E-state index contributed by atoms with van der Waals surface area (Å²) in [4.78, 5) is 21.8. The summed E-state index contributed by atoms with van der Waals surface area (Å²) in [5.41, 5.74) is -0.185. The number of hydrogen-bond donors (Lipinski definition) is 3. The molecule has 0 aromatic carbocycles. The Labute approximate surface area is 89.2 Å². The number of aliphatic carboxylic acids is 1. The summed E-state index contributed by atoms with van der Waals surface area (Å²) >= 11 is 0. The van der Waals surface area contributed by atoms with Gasteiger partial charge in [0, 0.05) is 6.54 Å². The van der Waals surface area contributed by atoms with Crippen LogP contribution < -0.4 is 10.6 Å². The van der Waals surface area contributed by atoms with Gasteiger partial charge in [0.25, 0.3) is 0 Å². The van der Waals surface area contributed by atoms with Gasteiger partial charge in [0.05, 0.1) is 13.0 Å². The van der Waals surface area contributed by atoms with Crippen molar-refractivity contribution in [2.45, 2.75) is 25.7 Å². The van der Waals surface area contributed by atoms with Crippen molar-refractivity contribution < 1.29 is 14.7 Å². The molecule has 1 aliphatic carbocycles. The van der Waals surface area contributed by atoms with E-state index in [0.29, 0.717) is 6.54 Å². The van der Waals surface area contributed by atoms with Crippen LogP contribution in [0.25, 0.3) is 0 Å². The molecule has 1 amide bonds. The number of carbonyl (C=O) groups is 2. The Morgan fingerprint density at radius 3 is 2.47 bits per heavy atom. The van der Waals surface area contributed by atoms with Crippen molar-refractivity contribution in [3.8, 4) is 0 Å². The summed E-state index contributed by atoms with van der Waals surface area (Å²) in [5.74, 6) is -0.855. The van der Waals surface area contributed by atoms with E-state index in [1.165, 1.54) is 0 Å². The predicted octanol–water partition coefficient (Wildman–Crippen LogP) is -0.0330. The number of likely N-dealkylation sites (N-methyl/N-ethyl adjacent to an activating group) is 1. The highest BCUT2D eigenvalue weighted by Crippen LogP contribution is 2.43. The molecule has 0 aliphatic heterocycles. The van der Waals surface area contributed by atoms with Gasteiger partial charge < -0.3 is 15.7 Å². The van der Waals surface area contributed by atoms with E-state index in [4.69, 9.17) is 5.11 Å². The fourth-order valence-corrected chi connectivity index (χ4v) is 1.92. The SMILES string of the molecule is CNCC(=O)NCC1(CC(=O)O)CCC1. The van der Waals surface area contributed by atoms with Gasteiger partial charge in [-0.3, -0.25) is 9.59 Å². The third-order valence-electron chi connectivity index (χ3n) is 2.94. The Morgan fingerprint density at radius 1 is 1.40 bits per heavy atom. The van der Waals surface area contributed by atoms with Gasteiger partial charge in [-0.2, -0.15) is 0 Å². The fraction of sp³-hybridized carbons (Fsp3) is 0.800. The molecule has 15 heavy (non-hydrogen) atoms. The molecule has 3 N–H and O–H groups in total. The zero-order valence-corrected chi connectivity index (χ0v) is 9.01. The minimum absolute atomic E-state index is 0.0748. The number of carbonyl (C=O) groups excluding carboxylic acids is 1. The Hall–Kier alpha value is -1.10. The van der Waals surface area contributed by atoms with Crippen molar-refractivity contribution >= 4 is 11.9 Å². The molecule has 86 valence electrons. The van der Waals surface area contributed by atoms with Crippen LogP contribution in [0.15, 0.2) is 0 Å². The van der Waals surface area contributed by atoms with Gasteiger partial charge in [0.1, 0.15) is 0 Å². The molecule has 1 rings (SSSR count). The fourth-order valence-electron chi connectivity index (χ4n) is 1.92. The second kappa shape index (κ2) is 5.11. The van der Waals surface area contributed by atoms with Crippen LogP contribution in [-0.4, -0.2) is 37.1 Å². The highest BCUT2D eigenvalue weighted by Gasteiger charge is 2.39. The average Bonchev–Trinajstić information content (AvgIpc) is 2.09. The lowest BCUT2D eigenvalue weighted by atomic mass is 9.66. The van der Waals surface area contributed by atoms with Crippen LogP contribution in [0.4, 0.5) is 0 Å². The zero-order valence-electron chi connectivity index (χ0n) is 9.01. The minimum Gasteiger partial charge on any atom is -0.481 e. The maximum Gasteiger partial charge on any atom is 0.303 e. The van der Waals surface area contributed by atoms with Crippen LogP contribution in [0.3, 0.4) is 0 Å². The monoisotopic (exact) mass is 214 g/mol. The molecule has 0 radical (unpaired) electrons. The van der Waals surface area contributed by atoms with Gasteiger partial charge in [-0.25, -0.2) is 0 Å². The largest absolute Gasteiger partial charge is 0.481 e. The summed E-state index contributed by atoms with van der Waals surface area (Å²) < 4.78 is 0. The molecule has 1 saturated carbocycles. The smallest absolute Gasteiger partial charge is 0.303 e. The molecule has 1 fully saturated rings. The van der Waals surface area contributed by atoms with E-state index in [9.17, 15) is 9.59 Å². The molecule has 1 aliphatic rings. The van der Waals surface area contributed by atoms with Crippen LogP contribution in [0, 0.1) is 5.41 Å². The molecule has 0 aromatic rings. The second-order valence-electron chi connectivity index (χ2n) is 4.23. The number of carboxylic acids is 1. The Balaban J connectivity index is 2.33. The lowest BCUT2D eigenvalue weighted by Gasteiger charge is -2.40. The minimum atomic E-state index is -0.780. The van der Waals surface area contributed by atoms with E-state index >= 15 is 0 Å². The van der Waals surface area contributed by atoms with E-state index < -0.39 is 5.97 Å². The summed E-state index contributed by atoms with van der Waals surface area (Å²) in [5, 5.41) is 14.3. The predicted molar refractivity (Wildman–Crippen MR) is 55.5 cm³/mol. The van der Waals surface area contributed by atoms with Crippen LogP contribution >= 0.6 is 0 Å². The van der Waals surface area contributed by atoms with Crippen molar-refractivity contribution in [2.75, 3.05) is 20.1 Å². The number of hydrogen-bond acceptors (Lipinski definition) is 3. The number of rotatable bonds is 6. The molecule has 5 nitrogen and oxygen atoms in total. The molecule has 0 spiro atoms. The highest BCUT2D eigenvalue weighted by atomic mass is 16.4. The summed E-state index contributed by atoms with van der Waals surface area (Å²) in [6.45, 7) is 0.767. The Bertz CT molecular complexity index is 249. The van der Waals surface area contributed by atoms with E-state index in [1.54, 1.807) is 7.05 Å². The average molecular weight is 214 g/mol. The molecule has 5 heteroatoms. The third-order valence-corrected chi connectivity index (χ3v) is 2.94. The van der Waals surface area contributed by atoms with Crippen LogP contribution in [0.2, 0.25) is 0 Å². The number of carboxylic acid groups (broad SMARTS) is 1. The molecule has 0 heterocycles.